The molecule has 4 nitrogen and oxygen atoms in total. The SMILES string of the molecule is CCOC(=O)CC(O)CNc1ccc(CC)cc1. The average molecular weight is 251 g/mol. The molecule has 0 amide bonds. The maximum Gasteiger partial charge on any atom is 0.308 e. The number of aliphatic hydroxyl groups excluding tert-OH is 1. The predicted octanol–water partition coefficient (Wildman–Crippen LogP) is 1.97. The van der Waals surface area contributed by atoms with Gasteiger partial charge in [0.25, 0.3) is 0 Å². The summed E-state index contributed by atoms with van der Waals surface area (Å²) in [6.45, 7) is 4.53. The van der Waals surface area contributed by atoms with Crippen LogP contribution in [0.2, 0.25) is 0 Å². The van der Waals surface area contributed by atoms with Gasteiger partial charge in [-0.25, -0.2) is 0 Å². The van der Waals surface area contributed by atoms with Crippen molar-refractivity contribution < 1.29 is 14.6 Å². The highest BCUT2D eigenvalue weighted by atomic mass is 16.5. The molecule has 1 atom stereocenters. The Hall–Kier alpha value is -1.55. The smallest absolute Gasteiger partial charge is 0.308 e. The van der Waals surface area contributed by atoms with Crippen molar-refractivity contribution in [2.24, 2.45) is 0 Å². The van der Waals surface area contributed by atoms with E-state index in [1.54, 1.807) is 6.92 Å². The van der Waals surface area contributed by atoms with E-state index in [9.17, 15) is 9.90 Å². The van der Waals surface area contributed by atoms with Crippen LogP contribution in [0, 0.1) is 0 Å². The number of aliphatic hydroxyl groups is 1. The number of ether oxygens (including phenoxy) is 1. The standard InChI is InChI=1S/C14H21NO3/c1-3-11-5-7-12(8-6-11)15-10-13(16)9-14(17)18-4-2/h5-8,13,15-16H,3-4,9-10H2,1-2H3. The van der Waals surface area contributed by atoms with Crippen molar-refractivity contribution in [2.75, 3.05) is 18.5 Å². The van der Waals surface area contributed by atoms with Crippen molar-refractivity contribution in [3.63, 3.8) is 0 Å². The molecule has 2 N–H and O–H groups in total. The number of hydrogen-bond donors (Lipinski definition) is 2. The molecule has 100 valence electrons. The zero-order chi connectivity index (χ0) is 13.4. The topological polar surface area (TPSA) is 58.6 Å². The molecule has 0 spiro atoms. The summed E-state index contributed by atoms with van der Waals surface area (Å²) < 4.78 is 4.77. The summed E-state index contributed by atoms with van der Waals surface area (Å²) in [5.74, 6) is -0.367. The number of hydrogen-bond acceptors (Lipinski definition) is 4. The third-order valence-electron chi connectivity index (χ3n) is 2.61. The minimum atomic E-state index is -0.727. The second kappa shape index (κ2) is 7.71. The lowest BCUT2D eigenvalue weighted by atomic mass is 10.1. The number of rotatable bonds is 7. The lowest BCUT2D eigenvalue weighted by Gasteiger charge is -2.12. The van der Waals surface area contributed by atoms with Crippen molar-refractivity contribution >= 4 is 11.7 Å². The second-order valence-corrected chi connectivity index (χ2v) is 4.09. The first-order chi connectivity index (χ1) is 8.65. The molecule has 0 radical (unpaired) electrons. The number of nitrogens with one attached hydrogen (secondary N) is 1. The van der Waals surface area contributed by atoms with E-state index in [4.69, 9.17) is 4.74 Å². The Morgan fingerprint density at radius 3 is 2.56 bits per heavy atom. The lowest BCUT2D eigenvalue weighted by molar-refractivity contribution is -0.145. The van der Waals surface area contributed by atoms with Gasteiger partial charge in [-0.05, 0) is 31.0 Å². The number of carbonyl (C=O) groups excluding carboxylic acids is 1. The van der Waals surface area contributed by atoms with Crippen LogP contribution >= 0.6 is 0 Å². The minimum absolute atomic E-state index is 0.0217. The zero-order valence-electron chi connectivity index (χ0n) is 11.0. The predicted molar refractivity (Wildman–Crippen MR) is 71.6 cm³/mol. The van der Waals surface area contributed by atoms with Crippen molar-refractivity contribution in [3.8, 4) is 0 Å². The lowest BCUT2D eigenvalue weighted by Crippen LogP contribution is -2.23. The highest BCUT2D eigenvalue weighted by molar-refractivity contribution is 5.70. The van der Waals surface area contributed by atoms with Crippen molar-refractivity contribution in [1.29, 1.82) is 0 Å². The Kier molecular flexibility index (Phi) is 6.22. The van der Waals surface area contributed by atoms with Gasteiger partial charge >= 0.3 is 5.97 Å². The molecule has 0 fully saturated rings. The summed E-state index contributed by atoms with van der Waals surface area (Å²) in [4.78, 5) is 11.1. The fourth-order valence-electron chi connectivity index (χ4n) is 1.58. The summed E-state index contributed by atoms with van der Waals surface area (Å²) in [5, 5.41) is 12.7. The van der Waals surface area contributed by atoms with E-state index in [1.165, 1.54) is 5.56 Å². The first-order valence-corrected chi connectivity index (χ1v) is 6.32. The molecule has 18 heavy (non-hydrogen) atoms. The van der Waals surface area contributed by atoms with Gasteiger partial charge < -0.3 is 15.2 Å². The average Bonchev–Trinajstić information content (AvgIpc) is 2.37. The van der Waals surface area contributed by atoms with Gasteiger partial charge in [0.15, 0.2) is 0 Å². The molecule has 0 aliphatic carbocycles. The van der Waals surface area contributed by atoms with Crippen LogP contribution in [-0.2, 0) is 16.0 Å². The third kappa shape index (κ3) is 5.19. The molecule has 0 bridgehead atoms. The molecule has 0 aliphatic rings. The largest absolute Gasteiger partial charge is 0.466 e. The number of esters is 1. The molecule has 0 saturated carbocycles. The van der Waals surface area contributed by atoms with E-state index in [0.29, 0.717) is 13.2 Å². The van der Waals surface area contributed by atoms with E-state index in [0.717, 1.165) is 12.1 Å². The second-order valence-electron chi connectivity index (χ2n) is 4.09. The minimum Gasteiger partial charge on any atom is -0.466 e. The van der Waals surface area contributed by atoms with E-state index in [2.05, 4.69) is 12.2 Å². The van der Waals surface area contributed by atoms with Gasteiger partial charge in [-0.1, -0.05) is 19.1 Å². The normalized spacial score (nSPS) is 11.9. The molecule has 0 saturated heterocycles. The monoisotopic (exact) mass is 251 g/mol. The molecule has 1 rings (SSSR count). The molecule has 0 heterocycles. The number of benzene rings is 1. The van der Waals surface area contributed by atoms with Gasteiger partial charge in [0.1, 0.15) is 0 Å². The first kappa shape index (κ1) is 14.5. The zero-order valence-corrected chi connectivity index (χ0v) is 11.0. The van der Waals surface area contributed by atoms with Crippen molar-refractivity contribution in [3.05, 3.63) is 29.8 Å². The van der Waals surface area contributed by atoms with Crippen LogP contribution in [0.3, 0.4) is 0 Å². The third-order valence-corrected chi connectivity index (χ3v) is 2.61. The van der Waals surface area contributed by atoms with Crippen LogP contribution in [0.1, 0.15) is 25.8 Å². The summed E-state index contributed by atoms with van der Waals surface area (Å²) in [6, 6.07) is 8.02. The van der Waals surface area contributed by atoms with Crippen molar-refractivity contribution in [2.45, 2.75) is 32.8 Å². The molecular weight excluding hydrogens is 230 g/mol. The van der Waals surface area contributed by atoms with Gasteiger partial charge in [0.05, 0.1) is 19.1 Å². The van der Waals surface area contributed by atoms with E-state index < -0.39 is 6.10 Å². The van der Waals surface area contributed by atoms with Crippen LogP contribution < -0.4 is 5.32 Å². The summed E-state index contributed by atoms with van der Waals surface area (Å²) in [7, 11) is 0. The molecule has 0 aromatic heterocycles. The molecular formula is C14H21NO3. The van der Waals surface area contributed by atoms with Crippen molar-refractivity contribution in [1.82, 2.24) is 0 Å². The Balaban J connectivity index is 2.32. The molecule has 0 aliphatic heterocycles. The van der Waals surface area contributed by atoms with Crippen LogP contribution in [0.25, 0.3) is 0 Å². The Morgan fingerprint density at radius 1 is 1.33 bits per heavy atom. The fraction of sp³-hybridized carbons (Fsp3) is 0.500. The molecule has 4 heteroatoms. The maximum atomic E-state index is 11.1. The van der Waals surface area contributed by atoms with Crippen LogP contribution in [0.5, 0.6) is 0 Å². The van der Waals surface area contributed by atoms with Crippen LogP contribution in [-0.4, -0.2) is 30.3 Å². The van der Waals surface area contributed by atoms with E-state index in [1.807, 2.05) is 24.3 Å². The Bertz CT molecular complexity index is 362. The van der Waals surface area contributed by atoms with E-state index >= 15 is 0 Å². The highest BCUT2D eigenvalue weighted by Crippen LogP contribution is 2.10. The summed E-state index contributed by atoms with van der Waals surface area (Å²) in [6.07, 6.45) is 0.300. The Morgan fingerprint density at radius 2 is 2.00 bits per heavy atom. The summed E-state index contributed by atoms with van der Waals surface area (Å²) >= 11 is 0. The van der Waals surface area contributed by atoms with Gasteiger partial charge in [-0.15, -0.1) is 0 Å². The molecule has 1 unspecified atom stereocenters. The molecule has 1 aromatic rings. The fourth-order valence-corrected chi connectivity index (χ4v) is 1.58. The van der Waals surface area contributed by atoms with Gasteiger partial charge in [0, 0.05) is 12.2 Å². The first-order valence-electron chi connectivity index (χ1n) is 6.32. The highest BCUT2D eigenvalue weighted by Gasteiger charge is 2.11. The van der Waals surface area contributed by atoms with Crippen LogP contribution in [0.4, 0.5) is 5.69 Å². The maximum absolute atomic E-state index is 11.1. The van der Waals surface area contributed by atoms with Gasteiger partial charge in [0.2, 0.25) is 0 Å². The number of aryl methyl sites for hydroxylation is 1. The molecule has 1 aromatic carbocycles. The number of carbonyl (C=O) groups is 1. The summed E-state index contributed by atoms with van der Waals surface area (Å²) in [5.41, 5.74) is 2.21. The van der Waals surface area contributed by atoms with Gasteiger partial charge in [-0.2, -0.15) is 0 Å². The van der Waals surface area contributed by atoms with Gasteiger partial charge in [-0.3, -0.25) is 4.79 Å². The quantitative estimate of drug-likeness (QED) is 0.727. The Labute approximate surface area is 108 Å². The van der Waals surface area contributed by atoms with Crippen LogP contribution in [0.15, 0.2) is 24.3 Å². The number of anilines is 1. The van der Waals surface area contributed by atoms with E-state index in [-0.39, 0.29) is 12.4 Å².